The summed E-state index contributed by atoms with van der Waals surface area (Å²) in [7, 11) is 0. The van der Waals surface area contributed by atoms with Gasteiger partial charge in [0.15, 0.2) is 5.65 Å². The van der Waals surface area contributed by atoms with E-state index in [2.05, 4.69) is 27.4 Å². The predicted octanol–water partition coefficient (Wildman–Crippen LogP) is 2.81. The first-order valence-electron chi connectivity index (χ1n) is 11.0. The molecule has 7 heteroatoms. The number of imidazole rings is 1. The summed E-state index contributed by atoms with van der Waals surface area (Å²) in [5.41, 5.74) is 3.41. The lowest BCUT2D eigenvalue weighted by molar-refractivity contribution is -0.125. The summed E-state index contributed by atoms with van der Waals surface area (Å²) in [5, 5.41) is 2.99. The van der Waals surface area contributed by atoms with Gasteiger partial charge >= 0.3 is 0 Å². The van der Waals surface area contributed by atoms with Crippen molar-refractivity contribution in [2.45, 2.75) is 38.6 Å². The van der Waals surface area contributed by atoms with E-state index >= 15 is 0 Å². The number of nitrogens with zero attached hydrogens (tertiary/aromatic N) is 4. The molecular weight excluding hydrogens is 390 g/mol. The average Bonchev–Trinajstić information content (AvgIpc) is 3.22. The number of nitrogens with one attached hydrogen (secondary N) is 1. The van der Waals surface area contributed by atoms with Gasteiger partial charge in [0.25, 0.3) is 5.91 Å². The van der Waals surface area contributed by atoms with Crippen LogP contribution in [0.3, 0.4) is 0 Å². The number of benzene rings is 1. The van der Waals surface area contributed by atoms with Crippen molar-refractivity contribution in [1.82, 2.24) is 24.8 Å². The minimum atomic E-state index is 0.00390. The normalized spacial score (nSPS) is 21.4. The van der Waals surface area contributed by atoms with Crippen LogP contribution < -0.4 is 5.32 Å². The van der Waals surface area contributed by atoms with Crippen molar-refractivity contribution in [3.05, 3.63) is 60.0 Å². The summed E-state index contributed by atoms with van der Waals surface area (Å²) in [6, 6.07) is 12.2. The summed E-state index contributed by atoms with van der Waals surface area (Å²) in [5.74, 6) is 0.121. The minimum absolute atomic E-state index is 0.00390. The first-order chi connectivity index (χ1) is 15.1. The van der Waals surface area contributed by atoms with Crippen LogP contribution in [-0.2, 0) is 17.8 Å². The summed E-state index contributed by atoms with van der Waals surface area (Å²) in [4.78, 5) is 35.8. The largest absolute Gasteiger partial charge is 0.355 e. The van der Waals surface area contributed by atoms with Gasteiger partial charge in [-0.25, -0.2) is 9.97 Å². The molecule has 7 nitrogen and oxygen atoms in total. The molecule has 1 atom stereocenters. The van der Waals surface area contributed by atoms with Gasteiger partial charge in [0.1, 0.15) is 5.52 Å². The Hall–Kier alpha value is -3.22. The monoisotopic (exact) mass is 417 g/mol. The maximum Gasteiger partial charge on any atom is 0.255 e. The summed E-state index contributed by atoms with van der Waals surface area (Å²) in [6.07, 6.45) is 7.80. The number of amides is 2. The highest BCUT2D eigenvalue weighted by Gasteiger charge is 2.40. The zero-order chi connectivity index (χ0) is 21.3. The number of carbonyl (C=O) groups excluding carboxylic acids is 2. The van der Waals surface area contributed by atoms with Crippen LogP contribution in [0.5, 0.6) is 0 Å². The highest BCUT2D eigenvalue weighted by molar-refractivity contribution is 5.96. The molecule has 1 aromatic carbocycles. The van der Waals surface area contributed by atoms with E-state index in [0.29, 0.717) is 25.1 Å². The van der Waals surface area contributed by atoms with Crippen LogP contribution in [-0.4, -0.2) is 50.9 Å². The lowest BCUT2D eigenvalue weighted by atomic mass is 9.74. The second-order valence-corrected chi connectivity index (χ2v) is 8.85. The van der Waals surface area contributed by atoms with Gasteiger partial charge in [0.2, 0.25) is 5.91 Å². The number of aryl methyl sites for hydroxylation is 2. The molecule has 1 spiro atoms. The molecule has 0 radical (unpaired) electrons. The molecule has 0 aliphatic carbocycles. The average molecular weight is 418 g/mol. The lowest BCUT2D eigenvalue weighted by Gasteiger charge is -2.45. The van der Waals surface area contributed by atoms with E-state index in [9.17, 15) is 9.59 Å². The molecule has 2 aliphatic heterocycles. The van der Waals surface area contributed by atoms with Crippen LogP contribution in [0.15, 0.2) is 48.9 Å². The Kier molecular flexibility index (Phi) is 5.18. The Morgan fingerprint density at radius 1 is 1.16 bits per heavy atom. The zero-order valence-corrected chi connectivity index (χ0v) is 17.6. The van der Waals surface area contributed by atoms with E-state index in [1.165, 1.54) is 5.56 Å². The Labute approximate surface area is 181 Å². The molecule has 2 saturated heterocycles. The number of piperidine rings is 2. The summed E-state index contributed by atoms with van der Waals surface area (Å²) >= 11 is 0. The van der Waals surface area contributed by atoms with Crippen LogP contribution >= 0.6 is 0 Å². The van der Waals surface area contributed by atoms with E-state index in [4.69, 9.17) is 0 Å². The highest BCUT2D eigenvalue weighted by Crippen LogP contribution is 2.36. The summed E-state index contributed by atoms with van der Waals surface area (Å²) < 4.78 is 2.04. The van der Waals surface area contributed by atoms with Gasteiger partial charge in [-0.2, -0.15) is 0 Å². The van der Waals surface area contributed by atoms with E-state index in [1.54, 1.807) is 12.5 Å². The van der Waals surface area contributed by atoms with Crippen LogP contribution in [0.4, 0.5) is 0 Å². The molecule has 160 valence electrons. The fourth-order valence-electron chi connectivity index (χ4n) is 4.88. The smallest absolute Gasteiger partial charge is 0.255 e. The first kappa shape index (κ1) is 19.7. The van der Waals surface area contributed by atoms with Crippen molar-refractivity contribution >= 4 is 23.0 Å². The van der Waals surface area contributed by atoms with Crippen LogP contribution in [0.2, 0.25) is 0 Å². The molecule has 2 aromatic heterocycles. The van der Waals surface area contributed by atoms with E-state index in [0.717, 1.165) is 49.9 Å². The molecule has 2 aliphatic rings. The maximum atomic E-state index is 13.2. The molecule has 3 aromatic rings. The van der Waals surface area contributed by atoms with E-state index in [1.807, 2.05) is 33.7 Å². The first-order valence-corrected chi connectivity index (χ1v) is 11.0. The third kappa shape index (κ3) is 4.04. The SMILES string of the molecule is O=C1CCC2(CCCN(C(=O)c3cnc4c(c3)ncn4CCc3ccccc3)C2)CN1. The number of rotatable bonds is 4. The van der Waals surface area contributed by atoms with Gasteiger partial charge in [-0.15, -0.1) is 0 Å². The van der Waals surface area contributed by atoms with Gasteiger partial charge in [0.05, 0.1) is 11.9 Å². The lowest BCUT2D eigenvalue weighted by Crippen LogP contribution is -2.53. The van der Waals surface area contributed by atoms with Crippen molar-refractivity contribution < 1.29 is 9.59 Å². The topological polar surface area (TPSA) is 80.1 Å². The molecule has 0 saturated carbocycles. The number of likely N-dealkylation sites (tertiary alicyclic amines) is 1. The van der Waals surface area contributed by atoms with Crippen molar-refractivity contribution in [3.8, 4) is 0 Å². The molecule has 2 amide bonds. The fraction of sp³-hybridized carbons (Fsp3) is 0.417. The van der Waals surface area contributed by atoms with Crippen molar-refractivity contribution in [2.75, 3.05) is 19.6 Å². The summed E-state index contributed by atoms with van der Waals surface area (Å²) in [6.45, 7) is 2.90. The molecule has 31 heavy (non-hydrogen) atoms. The second kappa shape index (κ2) is 8.13. The molecule has 1 N–H and O–H groups in total. The van der Waals surface area contributed by atoms with Gasteiger partial charge in [-0.1, -0.05) is 30.3 Å². The van der Waals surface area contributed by atoms with Crippen molar-refractivity contribution in [1.29, 1.82) is 0 Å². The van der Waals surface area contributed by atoms with Gasteiger partial charge < -0.3 is 14.8 Å². The van der Waals surface area contributed by atoms with Crippen molar-refractivity contribution in [2.24, 2.45) is 5.41 Å². The Balaban J connectivity index is 1.30. The number of hydrogen-bond acceptors (Lipinski definition) is 4. The number of aromatic nitrogens is 3. The number of pyridine rings is 1. The van der Waals surface area contributed by atoms with Gasteiger partial charge in [-0.3, -0.25) is 9.59 Å². The molecule has 2 fully saturated rings. The Morgan fingerprint density at radius 3 is 2.84 bits per heavy atom. The standard InChI is InChI=1S/C24H27N5O2/c30-21-7-10-24(15-26-21)9-4-11-28(16-24)23(31)19-13-20-22(25-14-19)29(17-27-20)12-8-18-5-2-1-3-6-18/h1-3,5-6,13-14,17H,4,7-12,15-16H2,(H,26,30). The molecule has 5 rings (SSSR count). The molecule has 1 unspecified atom stereocenters. The van der Waals surface area contributed by atoms with Crippen molar-refractivity contribution in [3.63, 3.8) is 0 Å². The fourth-order valence-corrected chi connectivity index (χ4v) is 4.88. The van der Waals surface area contributed by atoms with Gasteiger partial charge in [-0.05, 0) is 37.3 Å². The number of fused-ring (bicyclic) bond motifs is 1. The zero-order valence-electron chi connectivity index (χ0n) is 17.6. The second-order valence-electron chi connectivity index (χ2n) is 8.85. The highest BCUT2D eigenvalue weighted by atomic mass is 16.2. The predicted molar refractivity (Wildman–Crippen MR) is 117 cm³/mol. The number of hydrogen-bond donors (Lipinski definition) is 1. The van der Waals surface area contributed by atoms with Crippen LogP contribution in [0.1, 0.15) is 41.6 Å². The maximum absolute atomic E-state index is 13.2. The third-order valence-corrected chi connectivity index (χ3v) is 6.68. The number of carbonyl (C=O) groups is 2. The molecule has 4 heterocycles. The van der Waals surface area contributed by atoms with Crippen LogP contribution in [0, 0.1) is 5.41 Å². The van der Waals surface area contributed by atoms with Crippen LogP contribution in [0.25, 0.3) is 11.2 Å². The Bertz CT molecular complexity index is 1100. The van der Waals surface area contributed by atoms with Gasteiger partial charge in [0, 0.05) is 44.2 Å². The van der Waals surface area contributed by atoms with E-state index in [-0.39, 0.29) is 17.2 Å². The van der Waals surface area contributed by atoms with E-state index < -0.39 is 0 Å². The molecule has 0 bridgehead atoms. The minimum Gasteiger partial charge on any atom is -0.355 e. The quantitative estimate of drug-likeness (QED) is 0.708. The molecular formula is C24H27N5O2. The third-order valence-electron chi connectivity index (χ3n) is 6.68. The Morgan fingerprint density at radius 2 is 2.03 bits per heavy atom.